The molecular weight excluding hydrogens is 476 g/mol. The van der Waals surface area contributed by atoms with Crippen molar-refractivity contribution >= 4 is 17.4 Å². The molecule has 3 aliphatic rings. The van der Waals surface area contributed by atoms with Gasteiger partial charge in [-0.1, -0.05) is 13.0 Å². The largest absolute Gasteiger partial charge is 0.507 e. The van der Waals surface area contributed by atoms with Crippen LogP contribution in [0.3, 0.4) is 0 Å². The van der Waals surface area contributed by atoms with Crippen LogP contribution in [0.5, 0.6) is 23.0 Å². The predicted octanol–water partition coefficient (Wildman–Crippen LogP) is 3.73. The van der Waals surface area contributed by atoms with Gasteiger partial charge in [0.1, 0.15) is 5.76 Å². The maximum absolute atomic E-state index is 13.4. The second-order valence-corrected chi connectivity index (χ2v) is 9.37. The first-order valence-corrected chi connectivity index (χ1v) is 12.7. The third-order valence-electron chi connectivity index (χ3n) is 7.01. The molecule has 0 aromatic heterocycles. The molecule has 2 fully saturated rings. The molecule has 3 aliphatic heterocycles. The zero-order chi connectivity index (χ0) is 25.9. The van der Waals surface area contributed by atoms with E-state index in [9.17, 15) is 14.7 Å². The van der Waals surface area contributed by atoms with Crippen molar-refractivity contribution in [2.45, 2.75) is 32.2 Å². The van der Waals surface area contributed by atoms with Crippen LogP contribution in [0.4, 0.5) is 0 Å². The number of ketones is 1. The van der Waals surface area contributed by atoms with Gasteiger partial charge in [-0.05, 0) is 68.2 Å². The summed E-state index contributed by atoms with van der Waals surface area (Å²) in [5.41, 5.74) is 1.07. The number of amides is 1. The molecule has 0 spiro atoms. The summed E-state index contributed by atoms with van der Waals surface area (Å²) in [7, 11) is 1.55. The number of nitrogens with zero attached hydrogens (tertiary/aromatic N) is 2. The van der Waals surface area contributed by atoms with Crippen LogP contribution in [-0.4, -0.2) is 73.3 Å². The number of carbonyl (C=O) groups is 2. The van der Waals surface area contributed by atoms with Gasteiger partial charge in [0.25, 0.3) is 11.7 Å². The molecule has 1 atom stereocenters. The summed E-state index contributed by atoms with van der Waals surface area (Å²) in [6, 6.07) is 9.55. The minimum absolute atomic E-state index is 0.0366. The van der Waals surface area contributed by atoms with E-state index in [2.05, 4.69) is 4.90 Å². The van der Waals surface area contributed by atoms with E-state index in [0.29, 0.717) is 53.8 Å². The Balaban J connectivity index is 1.56. The van der Waals surface area contributed by atoms with Gasteiger partial charge in [0.15, 0.2) is 23.0 Å². The molecule has 0 saturated carbocycles. The SMILES string of the molecule is CCCOc1ccc(C2/C(=C(\O)c3ccc4c(c3)OCO4)C(=O)C(=O)N2CCN2CCCC2)cc1OC. The Bertz CT molecular complexity index is 1220. The van der Waals surface area contributed by atoms with E-state index in [4.69, 9.17) is 18.9 Å². The number of aliphatic hydroxyl groups is 1. The summed E-state index contributed by atoms with van der Waals surface area (Å²) in [5.74, 6) is 0.519. The van der Waals surface area contributed by atoms with Crippen LogP contribution in [0.2, 0.25) is 0 Å². The monoisotopic (exact) mass is 508 g/mol. The van der Waals surface area contributed by atoms with Gasteiger partial charge >= 0.3 is 0 Å². The summed E-state index contributed by atoms with van der Waals surface area (Å²) < 4.78 is 22.2. The van der Waals surface area contributed by atoms with Crippen molar-refractivity contribution in [3.8, 4) is 23.0 Å². The van der Waals surface area contributed by atoms with Gasteiger partial charge in [-0.25, -0.2) is 0 Å². The Morgan fingerprint density at radius 1 is 1.03 bits per heavy atom. The van der Waals surface area contributed by atoms with E-state index < -0.39 is 17.7 Å². The van der Waals surface area contributed by atoms with Gasteiger partial charge in [-0.3, -0.25) is 9.59 Å². The fourth-order valence-electron chi connectivity index (χ4n) is 5.10. The molecule has 2 aromatic carbocycles. The lowest BCUT2D eigenvalue weighted by atomic mass is 9.95. The quantitative estimate of drug-likeness (QED) is 0.311. The fraction of sp³-hybridized carbons (Fsp3) is 0.429. The van der Waals surface area contributed by atoms with Crippen LogP contribution < -0.4 is 18.9 Å². The number of rotatable bonds is 9. The predicted molar refractivity (Wildman–Crippen MR) is 136 cm³/mol. The first kappa shape index (κ1) is 25.0. The van der Waals surface area contributed by atoms with E-state index in [1.54, 1.807) is 42.3 Å². The van der Waals surface area contributed by atoms with Gasteiger partial charge in [-0.2, -0.15) is 0 Å². The van der Waals surface area contributed by atoms with Crippen molar-refractivity contribution in [2.75, 3.05) is 46.7 Å². The normalized spacial score (nSPS) is 20.6. The number of likely N-dealkylation sites (tertiary alicyclic amines) is 2. The maximum atomic E-state index is 13.4. The molecule has 5 rings (SSSR count). The van der Waals surface area contributed by atoms with Gasteiger partial charge in [0, 0.05) is 18.7 Å². The third-order valence-corrected chi connectivity index (χ3v) is 7.01. The highest BCUT2D eigenvalue weighted by molar-refractivity contribution is 6.46. The number of Topliss-reactive ketones (excluding diaryl/α,β-unsaturated/α-hetero) is 1. The molecule has 1 unspecified atom stereocenters. The Morgan fingerprint density at radius 3 is 2.57 bits per heavy atom. The second-order valence-electron chi connectivity index (χ2n) is 9.37. The standard InChI is InChI=1S/C28H32N2O7/c1-3-14-35-20-8-6-18(15-22(20)34-2)25-24(26(31)19-7-9-21-23(16-19)37-17-36-21)27(32)28(33)30(25)13-12-29-10-4-5-11-29/h6-9,15-16,25,31H,3-5,10-14,17H2,1-2H3/b26-24+. The topological polar surface area (TPSA) is 97.8 Å². The average Bonchev–Trinajstić information content (AvgIpc) is 3.66. The summed E-state index contributed by atoms with van der Waals surface area (Å²) in [6.07, 6.45) is 3.10. The first-order valence-electron chi connectivity index (χ1n) is 12.7. The Hall–Kier alpha value is -3.72. The van der Waals surface area contributed by atoms with Gasteiger partial charge in [-0.15, -0.1) is 0 Å². The maximum Gasteiger partial charge on any atom is 0.295 e. The molecule has 9 nitrogen and oxygen atoms in total. The third kappa shape index (κ3) is 4.83. The number of carbonyl (C=O) groups excluding carboxylic acids is 2. The molecule has 3 heterocycles. The van der Waals surface area contributed by atoms with Crippen molar-refractivity contribution < 1.29 is 33.6 Å². The van der Waals surface area contributed by atoms with E-state index in [-0.39, 0.29) is 18.1 Å². The van der Waals surface area contributed by atoms with E-state index in [1.165, 1.54) is 0 Å². The highest BCUT2D eigenvalue weighted by atomic mass is 16.7. The molecular formula is C28H32N2O7. The minimum atomic E-state index is -0.776. The van der Waals surface area contributed by atoms with Crippen LogP contribution in [-0.2, 0) is 9.59 Å². The average molecular weight is 509 g/mol. The Morgan fingerprint density at radius 2 is 1.81 bits per heavy atom. The smallest absolute Gasteiger partial charge is 0.295 e. The lowest BCUT2D eigenvalue weighted by Gasteiger charge is -2.28. The van der Waals surface area contributed by atoms with Gasteiger partial charge < -0.3 is 33.9 Å². The number of methoxy groups -OCH3 is 1. The number of aliphatic hydroxyl groups excluding tert-OH is 1. The molecule has 9 heteroatoms. The van der Waals surface area contributed by atoms with Crippen molar-refractivity contribution in [2.24, 2.45) is 0 Å². The molecule has 0 radical (unpaired) electrons. The second kappa shape index (κ2) is 10.7. The van der Waals surface area contributed by atoms with Crippen LogP contribution in [0, 0.1) is 0 Å². The van der Waals surface area contributed by atoms with Crippen LogP contribution in [0.25, 0.3) is 5.76 Å². The van der Waals surface area contributed by atoms with Crippen molar-refractivity contribution in [1.82, 2.24) is 9.80 Å². The zero-order valence-electron chi connectivity index (χ0n) is 21.2. The highest BCUT2D eigenvalue weighted by Gasteiger charge is 2.46. The summed E-state index contributed by atoms with van der Waals surface area (Å²) >= 11 is 0. The summed E-state index contributed by atoms with van der Waals surface area (Å²) in [4.78, 5) is 30.5. The Labute approximate surface area is 216 Å². The number of benzene rings is 2. The van der Waals surface area contributed by atoms with Crippen LogP contribution in [0.1, 0.15) is 43.4 Å². The van der Waals surface area contributed by atoms with Crippen molar-refractivity contribution in [3.05, 3.63) is 53.1 Å². The molecule has 1 amide bonds. The fourth-order valence-corrected chi connectivity index (χ4v) is 5.10. The number of hydrogen-bond donors (Lipinski definition) is 1. The molecule has 0 bridgehead atoms. The molecule has 0 aliphatic carbocycles. The van der Waals surface area contributed by atoms with E-state index >= 15 is 0 Å². The minimum Gasteiger partial charge on any atom is -0.507 e. The van der Waals surface area contributed by atoms with Crippen LogP contribution >= 0.6 is 0 Å². The van der Waals surface area contributed by atoms with E-state index in [1.807, 2.05) is 13.0 Å². The summed E-state index contributed by atoms with van der Waals surface area (Å²) in [5, 5.41) is 11.4. The summed E-state index contributed by atoms with van der Waals surface area (Å²) in [6.45, 7) is 5.61. The number of ether oxygens (including phenoxy) is 4. The van der Waals surface area contributed by atoms with Crippen LogP contribution in [0.15, 0.2) is 42.0 Å². The zero-order valence-corrected chi connectivity index (χ0v) is 21.2. The molecule has 2 saturated heterocycles. The molecule has 2 aromatic rings. The Kier molecular flexibility index (Phi) is 7.23. The number of hydrogen-bond acceptors (Lipinski definition) is 8. The van der Waals surface area contributed by atoms with Crippen molar-refractivity contribution in [1.29, 1.82) is 0 Å². The lowest BCUT2D eigenvalue weighted by Crippen LogP contribution is -2.37. The number of fused-ring (bicyclic) bond motifs is 1. The molecule has 196 valence electrons. The van der Waals surface area contributed by atoms with Gasteiger partial charge in [0.2, 0.25) is 6.79 Å². The lowest BCUT2D eigenvalue weighted by molar-refractivity contribution is -0.140. The first-order chi connectivity index (χ1) is 18.0. The van der Waals surface area contributed by atoms with Gasteiger partial charge in [0.05, 0.1) is 25.3 Å². The highest BCUT2D eigenvalue weighted by Crippen LogP contribution is 2.43. The van der Waals surface area contributed by atoms with E-state index in [0.717, 1.165) is 32.4 Å². The van der Waals surface area contributed by atoms with Crippen molar-refractivity contribution in [3.63, 3.8) is 0 Å². The molecule has 1 N–H and O–H groups in total. The molecule has 37 heavy (non-hydrogen) atoms.